The molecule has 0 aliphatic carbocycles. The number of aliphatic carboxylic acids is 1. The number of amides is 3. The molecule has 2 aromatic heterocycles. The van der Waals surface area contributed by atoms with Crippen molar-refractivity contribution in [2.45, 2.75) is 76.5 Å². The van der Waals surface area contributed by atoms with E-state index in [2.05, 4.69) is 25.9 Å². The average Bonchev–Trinajstić information content (AvgIpc) is 3.66. The van der Waals surface area contributed by atoms with Gasteiger partial charge in [0.25, 0.3) is 0 Å². The number of fused-ring (bicyclic) bond motifs is 2. The summed E-state index contributed by atoms with van der Waals surface area (Å²) in [5.41, 5.74) is 15.5. The normalized spacial score (nSPS) is 14.7. The number of aromatic amines is 2. The second-order valence-corrected chi connectivity index (χ2v) is 11.9. The van der Waals surface area contributed by atoms with Gasteiger partial charge in [-0.1, -0.05) is 56.7 Å². The summed E-state index contributed by atoms with van der Waals surface area (Å²) in [6.07, 6.45) is 5.94. The van der Waals surface area contributed by atoms with Gasteiger partial charge in [0.05, 0.1) is 6.04 Å². The van der Waals surface area contributed by atoms with E-state index in [1.165, 1.54) is 0 Å². The maximum absolute atomic E-state index is 13.8. The number of carbonyl (C=O) groups excluding carboxylic acids is 3. The van der Waals surface area contributed by atoms with Crippen LogP contribution in [0, 0.1) is 5.92 Å². The number of carboxylic acids is 1. The third-order valence-electron chi connectivity index (χ3n) is 8.54. The van der Waals surface area contributed by atoms with Crippen LogP contribution in [-0.2, 0) is 32.0 Å². The number of carboxylic acid groups (broad SMARTS) is 1. The number of nitrogens with one attached hydrogen (secondary N) is 5. The van der Waals surface area contributed by atoms with Crippen LogP contribution in [-0.4, -0.2) is 69.5 Å². The number of H-pyrrole nitrogens is 2. The summed E-state index contributed by atoms with van der Waals surface area (Å²) in [6, 6.07) is 11.1. The van der Waals surface area contributed by atoms with Crippen LogP contribution in [0.25, 0.3) is 21.8 Å². The molecular weight excluding hydrogens is 586 g/mol. The molecule has 4 aromatic rings. The number of hydrogen-bond acceptors (Lipinski definition) is 6. The van der Waals surface area contributed by atoms with E-state index < -0.39 is 47.9 Å². The van der Waals surface area contributed by atoms with Gasteiger partial charge in [-0.05, 0) is 61.4 Å². The Morgan fingerprint density at radius 3 is 1.89 bits per heavy atom. The van der Waals surface area contributed by atoms with E-state index in [0.29, 0.717) is 25.8 Å². The van der Waals surface area contributed by atoms with Gasteiger partial charge in [0.15, 0.2) is 0 Å². The topological polar surface area (TPSA) is 208 Å². The molecule has 4 rings (SSSR count). The molecule has 0 spiro atoms. The first-order valence-electron chi connectivity index (χ1n) is 15.8. The zero-order valence-electron chi connectivity index (χ0n) is 26.3. The molecule has 0 saturated heterocycles. The Bertz CT molecular complexity index is 1650. The summed E-state index contributed by atoms with van der Waals surface area (Å²) in [6.45, 7) is 4.00. The maximum atomic E-state index is 13.8. The highest BCUT2D eigenvalue weighted by Crippen LogP contribution is 2.21. The summed E-state index contributed by atoms with van der Waals surface area (Å²) in [5, 5.41) is 19.9. The predicted molar refractivity (Wildman–Crippen MR) is 178 cm³/mol. The molecule has 3 amide bonds. The Morgan fingerprint density at radius 2 is 1.33 bits per heavy atom. The Hall–Kier alpha value is -4.68. The van der Waals surface area contributed by atoms with Gasteiger partial charge in [0, 0.05) is 40.6 Å². The number of unbranched alkanes of at least 4 members (excludes halogenated alkanes) is 1. The number of carbonyl (C=O) groups is 4. The summed E-state index contributed by atoms with van der Waals surface area (Å²) < 4.78 is 0. The lowest BCUT2D eigenvalue weighted by atomic mass is 9.97. The third-order valence-corrected chi connectivity index (χ3v) is 8.54. The fourth-order valence-corrected chi connectivity index (χ4v) is 5.61. The molecule has 10 N–H and O–H groups in total. The molecule has 246 valence electrons. The molecule has 0 aliphatic rings. The molecule has 46 heavy (non-hydrogen) atoms. The number of para-hydroxylation sites is 2. The van der Waals surface area contributed by atoms with Crippen LogP contribution < -0.4 is 27.4 Å². The van der Waals surface area contributed by atoms with E-state index in [4.69, 9.17) is 11.5 Å². The highest BCUT2D eigenvalue weighted by molar-refractivity contribution is 5.95. The molecule has 0 radical (unpaired) electrons. The minimum atomic E-state index is -1.16. The minimum Gasteiger partial charge on any atom is -0.480 e. The summed E-state index contributed by atoms with van der Waals surface area (Å²) in [7, 11) is 0. The van der Waals surface area contributed by atoms with Crippen molar-refractivity contribution >= 4 is 45.5 Å². The lowest BCUT2D eigenvalue weighted by Gasteiger charge is -2.26. The van der Waals surface area contributed by atoms with Gasteiger partial charge in [0.2, 0.25) is 17.7 Å². The molecule has 0 saturated carbocycles. The van der Waals surface area contributed by atoms with Crippen molar-refractivity contribution in [1.82, 2.24) is 25.9 Å². The fourth-order valence-electron chi connectivity index (χ4n) is 5.61. The van der Waals surface area contributed by atoms with Crippen molar-refractivity contribution in [3.63, 3.8) is 0 Å². The van der Waals surface area contributed by atoms with Gasteiger partial charge in [-0.2, -0.15) is 0 Å². The average molecular weight is 632 g/mol. The second kappa shape index (κ2) is 16.1. The van der Waals surface area contributed by atoms with Crippen LogP contribution in [0.1, 0.15) is 50.7 Å². The maximum Gasteiger partial charge on any atom is 0.326 e. The van der Waals surface area contributed by atoms with E-state index in [9.17, 15) is 24.3 Å². The van der Waals surface area contributed by atoms with Crippen molar-refractivity contribution < 1.29 is 24.3 Å². The van der Waals surface area contributed by atoms with E-state index in [1.807, 2.05) is 61.7 Å². The molecule has 0 aliphatic heterocycles. The number of aromatic nitrogens is 2. The molecule has 0 bridgehead atoms. The van der Waals surface area contributed by atoms with Crippen molar-refractivity contribution in [3.8, 4) is 0 Å². The van der Waals surface area contributed by atoms with E-state index in [1.54, 1.807) is 13.1 Å². The molecule has 12 heteroatoms. The van der Waals surface area contributed by atoms with Crippen LogP contribution >= 0.6 is 0 Å². The minimum absolute atomic E-state index is 0.0952. The van der Waals surface area contributed by atoms with Crippen LogP contribution in [0.4, 0.5) is 0 Å². The number of hydrogen-bond donors (Lipinski definition) is 8. The SMILES string of the molecule is CCC(C)C(NC(=O)C(Cc1c[nH]c2ccccc12)NC(=O)C(CCCCN)NC(=O)C(N)Cc1c[nH]c2ccccc12)C(=O)O. The standard InChI is InChI=1S/C34H45N7O5/c1-3-20(2)30(34(45)46)41-33(44)29(17-22-19-38-27-13-7-5-11-24(22)27)40-32(43)28(14-8-9-15-35)39-31(42)25(36)16-21-18-37-26-12-6-4-10-23(21)26/h4-7,10-13,18-20,25,28-30,37-38H,3,8-9,14-17,35-36H2,1-2H3,(H,39,42)(H,40,43)(H,41,44)(H,45,46). The summed E-state index contributed by atoms with van der Waals surface area (Å²) in [4.78, 5) is 59.1. The van der Waals surface area contributed by atoms with E-state index in [-0.39, 0.29) is 25.2 Å². The molecule has 12 nitrogen and oxygen atoms in total. The highest BCUT2D eigenvalue weighted by Gasteiger charge is 2.32. The second-order valence-electron chi connectivity index (χ2n) is 11.9. The van der Waals surface area contributed by atoms with Crippen molar-refractivity contribution in [1.29, 1.82) is 0 Å². The zero-order chi connectivity index (χ0) is 33.2. The first-order chi connectivity index (χ1) is 22.1. The first-order valence-corrected chi connectivity index (χ1v) is 15.8. The van der Waals surface area contributed by atoms with Crippen LogP contribution in [0.15, 0.2) is 60.9 Å². The lowest BCUT2D eigenvalue weighted by molar-refractivity contribution is -0.143. The number of benzene rings is 2. The van der Waals surface area contributed by atoms with Crippen LogP contribution in [0.5, 0.6) is 0 Å². The van der Waals surface area contributed by atoms with Crippen LogP contribution in [0.2, 0.25) is 0 Å². The highest BCUT2D eigenvalue weighted by atomic mass is 16.4. The first kappa shape index (κ1) is 34.2. The molecule has 0 fully saturated rings. The lowest BCUT2D eigenvalue weighted by Crippen LogP contribution is -2.58. The van der Waals surface area contributed by atoms with Gasteiger partial charge < -0.3 is 42.5 Å². The van der Waals surface area contributed by atoms with Crippen LogP contribution in [0.3, 0.4) is 0 Å². The zero-order valence-corrected chi connectivity index (χ0v) is 26.3. The molecule has 2 aromatic carbocycles. The Labute approximate surface area is 268 Å². The van der Waals surface area contributed by atoms with E-state index >= 15 is 0 Å². The Morgan fingerprint density at radius 1 is 0.783 bits per heavy atom. The molecule has 2 heterocycles. The summed E-state index contributed by atoms with van der Waals surface area (Å²) >= 11 is 0. The number of nitrogens with two attached hydrogens (primary N) is 2. The van der Waals surface area contributed by atoms with Crippen molar-refractivity contribution in [2.75, 3.05) is 6.54 Å². The predicted octanol–water partition coefficient (Wildman–Crippen LogP) is 2.48. The molecule has 5 atom stereocenters. The van der Waals surface area contributed by atoms with Gasteiger partial charge >= 0.3 is 5.97 Å². The van der Waals surface area contributed by atoms with E-state index in [0.717, 1.165) is 32.9 Å². The molecule has 5 unspecified atom stereocenters. The van der Waals surface area contributed by atoms with Gasteiger partial charge in [-0.25, -0.2) is 4.79 Å². The monoisotopic (exact) mass is 631 g/mol. The van der Waals surface area contributed by atoms with Crippen molar-refractivity contribution in [3.05, 3.63) is 72.1 Å². The molecular formula is C34H45N7O5. The van der Waals surface area contributed by atoms with Crippen molar-refractivity contribution in [2.24, 2.45) is 17.4 Å². The third kappa shape index (κ3) is 8.52. The fraction of sp³-hybridized carbons (Fsp3) is 0.412. The van der Waals surface area contributed by atoms with Gasteiger partial charge in [-0.15, -0.1) is 0 Å². The summed E-state index contributed by atoms with van der Waals surface area (Å²) in [5.74, 6) is -3.20. The quantitative estimate of drug-likeness (QED) is 0.0816. The van der Waals surface area contributed by atoms with Gasteiger partial charge in [0.1, 0.15) is 18.1 Å². The largest absolute Gasteiger partial charge is 0.480 e. The Kier molecular flexibility index (Phi) is 11.9. The number of rotatable bonds is 17. The smallest absolute Gasteiger partial charge is 0.326 e. The van der Waals surface area contributed by atoms with Gasteiger partial charge in [-0.3, -0.25) is 14.4 Å². The Balaban J connectivity index is 1.54.